The smallest absolute Gasteiger partial charge is 0.207 e. The standard InChI is InChI=1S/C16H20N4S/c21-16-19(12-18-10-4-5-11-18)17-15(13-8-9-13)20(16)14-6-2-1-3-7-14/h1-3,6-7,13H,4-5,8-12H2/p+1. The molecule has 0 radical (unpaired) electrons. The predicted octanol–water partition coefficient (Wildman–Crippen LogP) is 1.92. The predicted molar refractivity (Wildman–Crippen MR) is 84.3 cm³/mol. The van der Waals surface area contributed by atoms with Crippen molar-refractivity contribution >= 4 is 12.2 Å². The van der Waals surface area contributed by atoms with E-state index < -0.39 is 0 Å². The second-order valence-corrected chi connectivity index (χ2v) is 6.57. The minimum atomic E-state index is 0.599. The first-order chi connectivity index (χ1) is 10.3. The highest BCUT2D eigenvalue weighted by molar-refractivity contribution is 7.71. The molecule has 0 spiro atoms. The largest absolute Gasteiger partial charge is 0.316 e. The lowest BCUT2D eigenvalue weighted by Crippen LogP contribution is -3.09. The lowest BCUT2D eigenvalue weighted by atomic mass is 10.3. The van der Waals surface area contributed by atoms with Crippen LogP contribution in [0.3, 0.4) is 0 Å². The van der Waals surface area contributed by atoms with Crippen molar-refractivity contribution in [3.05, 3.63) is 40.9 Å². The van der Waals surface area contributed by atoms with Crippen LogP contribution < -0.4 is 4.90 Å². The lowest BCUT2D eigenvalue weighted by molar-refractivity contribution is -0.911. The maximum absolute atomic E-state index is 5.73. The molecule has 1 aliphatic heterocycles. The molecule has 1 saturated carbocycles. The summed E-state index contributed by atoms with van der Waals surface area (Å²) >= 11 is 5.73. The van der Waals surface area contributed by atoms with E-state index in [1.54, 1.807) is 4.90 Å². The van der Waals surface area contributed by atoms with Crippen LogP contribution in [0.2, 0.25) is 0 Å². The highest BCUT2D eigenvalue weighted by Gasteiger charge is 2.31. The molecule has 0 atom stereocenters. The maximum atomic E-state index is 5.73. The Labute approximate surface area is 130 Å². The van der Waals surface area contributed by atoms with Crippen molar-refractivity contribution in [1.29, 1.82) is 0 Å². The first kappa shape index (κ1) is 13.2. The molecule has 4 rings (SSSR count). The molecule has 1 aromatic heterocycles. The van der Waals surface area contributed by atoms with Crippen LogP contribution in [-0.4, -0.2) is 27.4 Å². The third kappa shape index (κ3) is 2.56. The van der Waals surface area contributed by atoms with E-state index in [4.69, 9.17) is 17.3 Å². The van der Waals surface area contributed by atoms with Gasteiger partial charge in [-0.15, -0.1) is 0 Å². The van der Waals surface area contributed by atoms with Gasteiger partial charge < -0.3 is 4.90 Å². The average Bonchev–Trinajstić information content (AvgIpc) is 3.14. The summed E-state index contributed by atoms with van der Waals surface area (Å²) in [5, 5.41) is 4.87. The molecule has 1 saturated heterocycles. The van der Waals surface area contributed by atoms with Crippen LogP contribution in [-0.2, 0) is 6.67 Å². The fourth-order valence-electron chi connectivity index (χ4n) is 3.20. The van der Waals surface area contributed by atoms with Crippen LogP contribution in [0.5, 0.6) is 0 Å². The van der Waals surface area contributed by atoms with Crippen molar-refractivity contribution in [2.45, 2.75) is 38.3 Å². The zero-order chi connectivity index (χ0) is 14.2. The number of quaternary nitrogens is 1. The Morgan fingerprint density at radius 2 is 1.86 bits per heavy atom. The van der Waals surface area contributed by atoms with Gasteiger partial charge in [0.1, 0.15) is 5.82 Å². The molecule has 0 amide bonds. The molecule has 5 heteroatoms. The third-order valence-corrected chi connectivity index (χ3v) is 4.90. The summed E-state index contributed by atoms with van der Waals surface area (Å²) in [4.78, 5) is 1.60. The van der Waals surface area contributed by atoms with Gasteiger partial charge in [0.25, 0.3) is 0 Å². The summed E-state index contributed by atoms with van der Waals surface area (Å²) in [5.41, 5.74) is 1.15. The minimum Gasteiger partial charge on any atom is -0.316 e. The molecule has 0 bridgehead atoms. The Bertz CT molecular complexity index is 678. The van der Waals surface area contributed by atoms with E-state index in [9.17, 15) is 0 Å². The van der Waals surface area contributed by atoms with Gasteiger partial charge in [0.2, 0.25) is 4.77 Å². The van der Waals surface area contributed by atoms with Gasteiger partial charge >= 0.3 is 0 Å². The highest BCUT2D eigenvalue weighted by Crippen LogP contribution is 2.40. The minimum absolute atomic E-state index is 0.599. The van der Waals surface area contributed by atoms with Crippen LogP contribution in [0.15, 0.2) is 30.3 Å². The van der Waals surface area contributed by atoms with Gasteiger partial charge in [-0.25, -0.2) is 0 Å². The summed E-state index contributed by atoms with van der Waals surface area (Å²) in [6, 6.07) is 10.4. The Morgan fingerprint density at radius 1 is 1.14 bits per heavy atom. The molecule has 1 N–H and O–H groups in total. The zero-order valence-corrected chi connectivity index (χ0v) is 13.0. The number of aromatic nitrogens is 3. The van der Waals surface area contributed by atoms with Crippen LogP contribution in [0.4, 0.5) is 0 Å². The second-order valence-electron chi connectivity index (χ2n) is 6.20. The fourth-order valence-corrected chi connectivity index (χ4v) is 3.50. The summed E-state index contributed by atoms with van der Waals surface area (Å²) in [6.07, 6.45) is 5.15. The Balaban J connectivity index is 1.74. The number of para-hydroxylation sites is 1. The first-order valence-corrected chi connectivity index (χ1v) is 8.32. The molecular formula is C16H21N4S+. The molecule has 2 aromatic rings. The number of rotatable bonds is 4. The Kier molecular flexibility index (Phi) is 3.39. The Morgan fingerprint density at radius 3 is 2.52 bits per heavy atom. The summed E-state index contributed by atoms with van der Waals surface area (Å²) in [6.45, 7) is 3.41. The average molecular weight is 301 g/mol. The van der Waals surface area contributed by atoms with Crippen molar-refractivity contribution in [2.75, 3.05) is 13.1 Å². The van der Waals surface area contributed by atoms with Gasteiger partial charge in [0.05, 0.1) is 13.1 Å². The number of nitrogens with zero attached hydrogens (tertiary/aromatic N) is 3. The molecular weight excluding hydrogens is 280 g/mol. The normalized spacial score (nSPS) is 19.2. The first-order valence-electron chi connectivity index (χ1n) is 7.91. The maximum Gasteiger partial charge on any atom is 0.207 e. The van der Waals surface area contributed by atoms with E-state index in [1.807, 2.05) is 6.07 Å². The number of benzene rings is 1. The van der Waals surface area contributed by atoms with Crippen molar-refractivity contribution in [1.82, 2.24) is 14.3 Å². The van der Waals surface area contributed by atoms with Crippen LogP contribution in [0, 0.1) is 4.77 Å². The molecule has 110 valence electrons. The summed E-state index contributed by atoms with van der Waals surface area (Å²) in [7, 11) is 0. The number of likely N-dealkylation sites (tertiary alicyclic amines) is 1. The van der Waals surface area contributed by atoms with Gasteiger partial charge in [-0.2, -0.15) is 9.78 Å². The third-order valence-electron chi connectivity index (χ3n) is 4.51. The van der Waals surface area contributed by atoms with Gasteiger partial charge in [-0.1, -0.05) is 18.2 Å². The monoisotopic (exact) mass is 301 g/mol. The second kappa shape index (κ2) is 5.39. The molecule has 4 nitrogen and oxygen atoms in total. The highest BCUT2D eigenvalue weighted by atomic mass is 32.1. The van der Waals surface area contributed by atoms with Crippen molar-refractivity contribution in [2.24, 2.45) is 0 Å². The van der Waals surface area contributed by atoms with E-state index in [0.717, 1.165) is 23.0 Å². The van der Waals surface area contributed by atoms with Gasteiger partial charge in [0, 0.05) is 24.4 Å². The SMILES string of the molecule is S=c1n(C[NH+]2CCCC2)nc(C2CC2)n1-c1ccccc1. The van der Waals surface area contributed by atoms with Gasteiger partial charge in [-0.05, 0) is 37.2 Å². The van der Waals surface area contributed by atoms with Gasteiger partial charge in [-0.3, -0.25) is 4.57 Å². The lowest BCUT2D eigenvalue weighted by Gasteiger charge is -2.11. The van der Waals surface area contributed by atoms with Crippen molar-refractivity contribution in [3.8, 4) is 5.69 Å². The van der Waals surface area contributed by atoms with Gasteiger partial charge in [0.15, 0.2) is 6.67 Å². The van der Waals surface area contributed by atoms with E-state index in [-0.39, 0.29) is 0 Å². The topological polar surface area (TPSA) is 27.2 Å². The number of nitrogens with one attached hydrogen (secondary N) is 1. The van der Waals surface area contributed by atoms with Crippen molar-refractivity contribution in [3.63, 3.8) is 0 Å². The van der Waals surface area contributed by atoms with Crippen LogP contribution in [0.1, 0.15) is 37.4 Å². The molecule has 2 fully saturated rings. The van der Waals surface area contributed by atoms with E-state index in [0.29, 0.717) is 5.92 Å². The fraction of sp³-hybridized carbons (Fsp3) is 0.500. The van der Waals surface area contributed by atoms with E-state index >= 15 is 0 Å². The molecule has 2 heterocycles. The molecule has 0 unspecified atom stereocenters. The molecule has 1 aromatic carbocycles. The molecule has 1 aliphatic carbocycles. The number of hydrogen-bond acceptors (Lipinski definition) is 2. The summed E-state index contributed by atoms with van der Waals surface area (Å²) < 4.78 is 5.08. The van der Waals surface area contributed by atoms with Crippen molar-refractivity contribution < 1.29 is 4.90 Å². The van der Waals surface area contributed by atoms with Crippen LogP contribution in [0.25, 0.3) is 5.69 Å². The zero-order valence-electron chi connectivity index (χ0n) is 12.2. The molecule has 21 heavy (non-hydrogen) atoms. The Hall–Kier alpha value is -1.46. The summed E-state index contributed by atoms with van der Waals surface area (Å²) in [5.74, 6) is 1.76. The van der Waals surface area contributed by atoms with E-state index in [1.165, 1.54) is 38.8 Å². The molecule has 2 aliphatic rings. The quantitative estimate of drug-likeness (QED) is 0.874. The van der Waals surface area contributed by atoms with Crippen LogP contribution >= 0.6 is 12.2 Å². The van der Waals surface area contributed by atoms with E-state index in [2.05, 4.69) is 33.5 Å². The number of hydrogen-bond donors (Lipinski definition) is 1.